The predicted molar refractivity (Wildman–Crippen MR) is 60.7 cm³/mol. The summed E-state index contributed by atoms with van der Waals surface area (Å²) in [6.45, 7) is 1.76. The van der Waals surface area contributed by atoms with Crippen LogP contribution < -0.4 is 10.6 Å². The molecule has 0 aliphatic carbocycles. The molecule has 0 aliphatic heterocycles. The second-order valence-corrected chi connectivity index (χ2v) is 3.27. The molecule has 0 spiro atoms. The highest BCUT2D eigenvalue weighted by atomic mass is 16.2. The molecule has 0 aromatic rings. The van der Waals surface area contributed by atoms with E-state index < -0.39 is 0 Å². The minimum absolute atomic E-state index is 0.0154. The van der Waals surface area contributed by atoms with Crippen molar-refractivity contribution in [2.75, 3.05) is 13.6 Å². The molecule has 90 valence electrons. The van der Waals surface area contributed by atoms with Crippen molar-refractivity contribution in [2.24, 2.45) is 0 Å². The average molecular weight is 226 g/mol. The smallest absolute Gasteiger partial charge is 0.239 e. The summed E-state index contributed by atoms with van der Waals surface area (Å²) in [6, 6.07) is 0. The molecule has 0 radical (unpaired) electrons. The first-order chi connectivity index (χ1) is 7.60. The molecule has 5 heteroatoms. The van der Waals surface area contributed by atoms with Crippen LogP contribution in [0.1, 0.15) is 26.2 Å². The van der Waals surface area contributed by atoms with Crippen molar-refractivity contribution in [3.63, 3.8) is 0 Å². The van der Waals surface area contributed by atoms with Crippen molar-refractivity contribution >= 4 is 17.6 Å². The number of likely N-dealkylation sites (N-methyl/N-ethyl adjacent to an activating group) is 1. The minimum atomic E-state index is -0.238. The lowest BCUT2D eigenvalue weighted by molar-refractivity contribution is -0.126. The van der Waals surface area contributed by atoms with Crippen molar-refractivity contribution in [3.05, 3.63) is 12.2 Å². The predicted octanol–water partition coefficient (Wildman–Crippen LogP) is 0.164. The summed E-state index contributed by atoms with van der Waals surface area (Å²) < 4.78 is 0. The third kappa shape index (κ3) is 7.73. The fraction of sp³-hybridized carbons (Fsp3) is 0.545. The molecule has 0 unspecified atom stereocenters. The van der Waals surface area contributed by atoms with E-state index in [-0.39, 0.29) is 30.6 Å². The molecule has 16 heavy (non-hydrogen) atoms. The number of carbonyl (C=O) groups excluding carboxylic acids is 3. The van der Waals surface area contributed by atoms with Crippen molar-refractivity contribution in [1.29, 1.82) is 0 Å². The molecule has 0 aromatic heterocycles. The van der Waals surface area contributed by atoms with Gasteiger partial charge in [0.05, 0.1) is 6.54 Å². The summed E-state index contributed by atoms with van der Waals surface area (Å²) in [6.07, 6.45) is 4.29. The van der Waals surface area contributed by atoms with Gasteiger partial charge < -0.3 is 10.6 Å². The van der Waals surface area contributed by atoms with Crippen LogP contribution in [0, 0.1) is 0 Å². The van der Waals surface area contributed by atoms with Crippen LogP contribution in [0.4, 0.5) is 0 Å². The summed E-state index contributed by atoms with van der Waals surface area (Å²) in [5.41, 5.74) is 0. The Labute approximate surface area is 95.3 Å². The zero-order valence-corrected chi connectivity index (χ0v) is 9.71. The highest BCUT2D eigenvalue weighted by Gasteiger charge is 2.04. The van der Waals surface area contributed by atoms with Gasteiger partial charge in [0, 0.05) is 19.9 Å². The third-order valence-electron chi connectivity index (χ3n) is 1.90. The first kappa shape index (κ1) is 14.3. The molecule has 0 rings (SSSR count). The monoisotopic (exact) mass is 226 g/mol. The van der Waals surface area contributed by atoms with Gasteiger partial charge >= 0.3 is 0 Å². The average Bonchev–Trinajstić information content (AvgIpc) is 2.26. The molecule has 0 aliphatic rings. The van der Waals surface area contributed by atoms with Crippen LogP contribution in [0.3, 0.4) is 0 Å². The van der Waals surface area contributed by atoms with Gasteiger partial charge in [0.2, 0.25) is 11.8 Å². The molecule has 0 fully saturated rings. The van der Waals surface area contributed by atoms with E-state index in [0.29, 0.717) is 12.8 Å². The van der Waals surface area contributed by atoms with E-state index in [4.69, 9.17) is 0 Å². The maximum Gasteiger partial charge on any atom is 0.239 e. The lowest BCUT2D eigenvalue weighted by Crippen LogP contribution is -2.35. The molecular weight excluding hydrogens is 208 g/mol. The van der Waals surface area contributed by atoms with Gasteiger partial charge in [-0.3, -0.25) is 14.4 Å². The molecule has 0 saturated heterocycles. The molecule has 2 amide bonds. The largest absolute Gasteiger partial charge is 0.358 e. The molecule has 2 N–H and O–H groups in total. The lowest BCUT2D eigenvalue weighted by Gasteiger charge is -2.03. The van der Waals surface area contributed by atoms with Gasteiger partial charge in [-0.25, -0.2) is 0 Å². The molecule has 0 atom stereocenters. The van der Waals surface area contributed by atoms with Crippen LogP contribution in [-0.2, 0) is 14.4 Å². The Morgan fingerprint density at radius 2 is 1.81 bits per heavy atom. The number of rotatable bonds is 7. The van der Waals surface area contributed by atoms with E-state index in [1.54, 1.807) is 13.0 Å². The van der Waals surface area contributed by atoms with E-state index in [1.807, 2.05) is 0 Å². The molecular formula is C11H18N2O3. The van der Waals surface area contributed by atoms with Crippen molar-refractivity contribution < 1.29 is 14.4 Å². The fourth-order valence-corrected chi connectivity index (χ4v) is 1.05. The fourth-order valence-electron chi connectivity index (χ4n) is 1.05. The van der Waals surface area contributed by atoms with Gasteiger partial charge in [0.1, 0.15) is 0 Å². The van der Waals surface area contributed by atoms with Crippen LogP contribution in [0.5, 0.6) is 0 Å². The number of amides is 2. The number of hydrogen-bond donors (Lipinski definition) is 2. The first-order valence-electron chi connectivity index (χ1n) is 5.23. The zero-order valence-electron chi connectivity index (χ0n) is 9.71. The Balaban J connectivity index is 3.58. The molecule has 0 aromatic carbocycles. The highest BCUT2D eigenvalue weighted by molar-refractivity contribution is 5.90. The summed E-state index contributed by atoms with van der Waals surface area (Å²) in [7, 11) is 1.50. The quantitative estimate of drug-likeness (QED) is 0.607. The number of carbonyl (C=O) groups is 3. The molecule has 0 saturated carbocycles. The SMILES string of the molecule is C/C=C/C(=O)CCCC(=O)NCC(=O)NC. The Morgan fingerprint density at radius 3 is 2.38 bits per heavy atom. The van der Waals surface area contributed by atoms with Gasteiger partial charge in [0.15, 0.2) is 5.78 Å². The lowest BCUT2D eigenvalue weighted by atomic mass is 10.1. The summed E-state index contributed by atoms with van der Waals surface area (Å²) in [5.74, 6) is -0.433. The topological polar surface area (TPSA) is 75.3 Å². The van der Waals surface area contributed by atoms with Gasteiger partial charge in [-0.1, -0.05) is 6.08 Å². The first-order valence-corrected chi connectivity index (χ1v) is 5.23. The van der Waals surface area contributed by atoms with Gasteiger partial charge in [-0.05, 0) is 19.4 Å². The number of hydrogen-bond acceptors (Lipinski definition) is 3. The maximum atomic E-state index is 11.2. The zero-order chi connectivity index (χ0) is 12.4. The highest BCUT2D eigenvalue weighted by Crippen LogP contribution is 1.97. The van der Waals surface area contributed by atoms with Crippen LogP contribution in [0.2, 0.25) is 0 Å². The van der Waals surface area contributed by atoms with E-state index in [9.17, 15) is 14.4 Å². The van der Waals surface area contributed by atoms with Crippen LogP contribution >= 0.6 is 0 Å². The minimum Gasteiger partial charge on any atom is -0.358 e. The summed E-state index contributed by atoms with van der Waals surface area (Å²) in [4.78, 5) is 33.0. The molecule has 5 nitrogen and oxygen atoms in total. The maximum absolute atomic E-state index is 11.2. The normalized spacial score (nSPS) is 10.1. The van der Waals surface area contributed by atoms with Crippen molar-refractivity contribution in [1.82, 2.24) is 10.6 Å². The Bertz CT molecular complexity index is 285. The van der Waals surface area contributed by atoms with E-state index in [0.717, 1.165) is 0 Å². The van der Waals surface area contributed by atoms with Crippen LogP contribution in [0.25, 0.3) is 0 Å². The number of ketones is 1. The summed E-state index contributed by atoms with van der Waals surface area (Å²) >= 11 is 0. The van der Waals surface area contributed by atoms with Crippen LogP contribution in [-0.4, -0.2) is 31.2 Å². The Morgan fingerprint density at radius 1 is 1.12 bits per heavy atom. The second kappa shape index (κ2) is 8.64. The number of allylic oxidation sites excluding steroid dienone is 2. The van der Waals surface area contributed by atoms with Crippen molar-refractivity contribution in [2.45, 2.75) is 26.2 Å². The van der Waals surface area contributed by atoms with E-state index >= 15 is 0 Å². The molecule has 0 heterocycles. The number of nitrogens with one attached hydrogen (secondary N) is 2. The summed E-state index contributed by atoms with van der Waals surface area (Å²) in [5, 5.41) is 4.85. The Hall–Kier alpha value is -1.65. The Kier molecular flexibility index (Phi) is 7.75. The van der Waals surface area contributed by atoms with Gasteiger partial charge in [0.25, 0.3) is 0 Å². The second-order valence-electron chi connectivity index (χ2n) is 3.27. The van der Waals surface area contributed by atoms with Crippen LogP contribution in [0.15, 0.2) is 12.2 Å². The third-order valence-corrected chi connectivity index (χ3v) is 1.90. The van der Waals surface area contributed by atoms with Gasteiger partial charge in [-0.15, -0.1) is 0 Å². The molecule has 0 bridgehead atoms. The standard InChI is InChI=1S/C11H18N2O3/c1-3-5-9(14)6-4-7-10(15)13-8-11(16)12-2/h3,5H,4,6-8H2,1-2H3,(H,12,16)(H,13,15)/b5-3+. The van der Waals surface area contributed by atoms with E-state index in [2.05, 4.69) is 10.6 Å². The van der Waals surface area contributed by atoms with Crippen molar-refractivity contribution in [3.8, 4) is 0 Å². The van der Waals surface area contributed by atoms with E-state index in [1.165, 1.54) is 13.1 Å². The van der Waals surface area contributed by atoms with Gasteiger partial charge in [-0.2, -0.15) is 0 Å².